The molecule has 0 spiro atoms. The zero-order chi connectivity index (χ0) is 23.4. The van der Waals surface area contributed by atoms with Gasteiger partial charge in [0.15, 0.2) is 18.6 Å². The van der Waals surface area contributed by atoms with Gasteiger partial charge in [-0.3, -0.25) is 9.59 Å². The Balaban J connectivity index is 2.16. The molecule has 1 N–H and O–H groups in total. The molecule has 0 radical (unpaired) electrons. The molecule has 1 aromatic carbocycles. The number of hydrogen-bond donors (Lipinski definition) is 1. The van der Waals surface area contributed by atoms with Gasteiger partial charge in [-0.05, 0) is 47.1 Å². The van der Waals surface area contributed by atoms with E-state index in [-0.39, 0.29) is 6.61 Å². The molecule has 0 amide bonds. The van der Waals surface area contributed by atoms with Crippen LogP contribution in [0.4, 0.5) is 4.39 Å². The van der Waals surface area contributed by atoms with Crippen LogP contribution in [0.3, 0.4) is 0 Å². The van der Waals surface area contributed by atoms with E-state index >= 15 is 4.39 Å². The molecule has 8 heteroatoms. The van der Waals surface area contributed by atoms with E-state index in [0.29, 0.717) is 0 Å². The first-order valence-corrected chi connectivity index (χ1v) is 10.3. The SMILES string of the molecule is CC(C)(C)C(=O)OC[C@H]1OC(OCc2ccccc2)[C@H](O)[C@@H](OC(=O)C(C)(C)C)[C@@H]1F. The summed E-state index contributed by atoms with van der Waals surface area (Å²) in [4.78, 5) is 24.4. The molecule has 1 unspecified atom stereocenters. The van der Waals surface area contributed by atoms with Crippen LogP contribution >= 0.6 is 0 Å². The van der Waals surface area contributed by atoms with Crippen LogP contribution in [0.15, 0.2) is 30.3 Å². The monoisotopic (exact) mass is 440 g/mol. The minimum Gasteiger partial charge on any atom is -0.462 e. The van der Waals surface area contributed by atoms with Gasteiger partial charge in [0.25, 0.3) is 0 Å². The first-order chi connectivity index (χ1) is 14.3. The lowest BCUT2D eigenvalue weighted by Crippen LogP contribution is -2.59. The highest BCUT2D eigenvalue weighted by atomic mass is 19.1. The first kappa shape index (κ1) is 25.2. The van der Waals surface area contributed by atoms with Gasteiger partial charge in [-0.15, -0.1) is 0 Å². The molecule has 0 aromatic heterocycles. The van der Waals surface area contributed by atoms with E-state index in [9.17, 15) is 14.7 Å². The normalized spacial score (nSPS) is 26.9. The molecule has 2 rings (SSSR count). The van der Waals surface area contributed by atoms with E-state index in [0.717, 1.165) is 5.56 Å². The summed E-state index contributed by atoms with van der Waals surface area (Å²) in [5.41, 5.74) is -0.854. The Morgan fingerprint density at radius 3 is 2.16 bits per heavy atom. The Hall–Kier alpha value is -2.03. The summed E-state index contributed by atoms with van der Waals surface area (Å²) in [6.07, 6.45) is -7.54. The summed E-state index contributed by atoms with van der Waals surface area (Å²) in [5.74, 6) is -1.20. The lowest BCUT2D eigenvalue weighted by Gasteiger charge is -2.41. The minimum atomic E-state index is -1.91. The van der Waals surface area contributed by atoms with Gasteiger partial charge in [-0.25, -0.2) is 4.39 Å². The second-order valence-corrected chi connectivity index (χ2v) is 9.74. The number of rotatable bonds is 6. The fraction of sp³-hybridized carbons (Fsp3) is 0.652. The number of halogens is 1. The van der Waals surface area contributed by atoms with Crippen LogP contribution in [0.1, 0.15) is 47.1 Å². The topological polar surface area (TPSA) is 91.3 Å². The molecule has 174 valence electrons. The van der Waals surface area contributed by atoms with Crippen molar-refractivity contribution in [3.63, 3.8) is 0 Å². The molecule has 5 atom stereocenters. The van der Waals surface area contributed by atoms with Gasteiger partial charge in [0, 0.05) is 0 Å². The smallest absolute Gasteiger partial charge is 0.311 e. The summed E-state index contributed by atoms with van der Waals surface area (Å²) >= 11 is 0. The largest absolute Gasteiger partial charge is 0.462 e. The van der Waals surface area contributed by atoms with Crippen LogP contribution < -0.4 is 0 Å². The van der Waals surface area contributed by atoms with Crippen molar-refractivity contribution in [3.05, 3.63) is 35.9 Å². The average Bonchev–Trinajstić information content (AvgIpc) is 2.68. The fourth-order valence-corrected chi connectivity index (χ4v) is 2.71. The summed E-state index contributed by atoms with van der Waals surface area (Å²) in [5, 5.41) is 10.6. The van der Waals surface area contributed by atoms with Gasteiger partial charge >= 0.3 is 11.9 Å². The average molecular weight is 441 g/mol. The highest BCUT2D eigenvalue weighted by Crippen LogP contribution is 2.30. The Labute approximate surface area is 182 Å². The molecule has 7 nitrogen and oxygen atoms in total. The molecule has 1 aromatic rings. The lowest BCUT2D eigenvalue weighted by molar-refractivity contribution is -0.298. The molecule has 1 aliphatic heterocycles. The van der Waals surface area contributed by atoms with Crippen molar-refractivity contribution in [2.75, 3.05) is 6.61 Å². The van der Waals surface area contributed by atoms with Crippen molar-refractivity contribution < 1.29 is 38.0 Å². The number of hydrogen-bond acceptors (Lipinski definition) is 7. The molecule has 0 bridgehead atoms. The molecule has 0 aliphatic carbocycles. The zero-order valence-electron chi connectivity index (χ0n) is 19.0. The van der Waals surface area contributed by atoms with Crippen molar-refractivity contribution in [3.8, 4) is 0 Å². The van der Waals surface area contributed by atoms with Crippen LogP contribution in [0, 0.1) is 10.8 Å². The number of carbonyl (C=O) groups excluding carboxylic acids is 2. The van der Waals surface area contributed by atoms with Crippen molar-refractivity contribution in [1.29, 1.82) is 0 Å². The van der Waals surface area contributed by atoms with Crippen LogP contribution in [0.5, 0.6) is 0 Å². The number of benzene rings is 1. The van der Waals surface area contributed by atoms with E-state index in [1.54, 1.807) is 41.5 Å². The highest BCUT2D eigenvalue weighted by Gasteiger charge is 2.50. The summed E-state index contributed by atoms with van der Waals surface area (Å²) in [6, 6.07) is 9.17. The maximum atomic E-state index is 15.2. The molecule has 31 heavy (non-hydrogen) atoms. The standard InChI is InChI=1S/C23H33FO7/c1-22(2,3)20(26)29-13-15-16(24)18(31-21(27)23(4,5)6)17(25)19(30-15)28-12-14-10-8-7-9-11-14/h7-11,15-19,25H,12-13H2,1-6H3/t15-,16-,17-,18+,19?/m1/s1. The third-order valence-electron chi connectivity index (χ3n) is 4.70. The highest BCUT2D eigenvalue weighted by molar-refractivity contribution is 5.76. The first-order valence-electron chi connectivity index (χ1n) is 10.3. The number of aliphatic hydroxyl groups excluding tert-OH is 1. The van der Waals surface area contributed by atoms with E-state index < -0.39 is 60.1 Å². The number of esters is 2. The van der Waals surface area contributed by atoms with E-state index in [4.69, 9.17) is 18.9 Å². The maximum absolute atomic E-state index is 15.2. The Kier molecular flexibility index (Phi) is 8.19. The predicted molar refractivity (Wildman–Crippen MR) is 111 cm³/mol. The van der Waals surface area contributed by atoms with Crippen molar-refractivity contribution in [2.24, 2.45) is 10.8 Å². The molecular weight excluding hydrogens is 407 g/mol. The minimum absolute atomic E-state index is 0.0912. The summed E-state index contributed by atoms with van der Waals surface area (Å²) < 4.78 is 36.9. The third kappa shape index (κ3) is 6.98. The number of aliphatic hydroxyl groups is 1. The van der Waals surface area contributed by atoms with Crippen LogP contribution in [0.25, 0.3) is 0 Å². The van der Waals surface area contributed by atoms with Crippen molar-refractivity contribution in [2.45, 2.75) is 78.9 Å². The fourth-order valence-electron chi connectivity index (χ4n) is 2.71. The Bertz CT molecular complexity index is 739. The van der Waals surface area contributed by atoms with Gasteiger partial charge in [-0.1, -0.05) is 30.3 Å². The molecular formula is C23H33FO7. The second kappa shape index (κ2) is 10.1. The molecule has 1 heterocycles. The van der Waals surface area contributed by atoms with Crippen molar-refractivity contribution >= 4 is 11.9 Å². The number of ether oxygens (including phenoxy) is 4. The van der Waals surface area contributed by atoms with Crippen molar-refractivity contribution in [1.82, 2.24) is 0 Å². The van der Waals surface area contributed by atoms with E-state index in [1.165, 1.54) is 0 Å². The van der Waals surface area contributed by atoms with E-state index in [1.807, 2.05) is 30.3 Å². The second-order valence-electron chi connectivity index (χ2n) is 9.74. The van der Waals surface area contributed by atoms with Crippen LogP contribution in [-0.2, 0) is 35.1 Å². The van der Waals surface area contributed by atoms with E-state index in [2.05, 4.69) is 0 Å². The summed E-state index contributed by atoms with van der Waals surface area (Å²) in [6.45, 7) is 9.59. The van der Waals surface area contributed by atoms with Gasteiger partial charge in [0.1, 0.15) is 18.8 Å². The third-order valence-corrected chi connectivity index (χ3v) is 4.70. The Morgan fingerprint density at radius 2 is 1.61 bits per heavy atom. The summed E-state index contributed by atoms with van der Waals surface area (Å²) in [7, 11) is 0. The van der Waals surface area contributed by atoms with Crippen LogP contribution in [0.2, 0.25) is 0 Å². The quantitative estimate of drug-likeness (QED) is 0.680. The number of carbonyl (C=O) groups is 2. The van der Waals surface area contributed by atoms with Gasteiger partial charge in [-0.2, -0.15) is 0 Å². The van der Waals surface area contributed by atoms with Gasteiger partial charge in [0.2, 0.25) is 0 Å². The number of alkyl halides is 1. The zero-order valence-corrected chi connectivity index (χ0v) is 19.0. The predicted octanol–water partition coefficient (Wildman–Crippen LogP) is 3.17. The lowest BCUT2D eigenvalue weighted by atomic mass is 9.95. The van der Waals surface area contributed by atoms with Crippen LogP contribution in [-0.4, -0.2) is 54.4 Å². The maximum Gasteiger partial charge on any atom is 0.311 e. The molecule has 0 saturated carbocycles. The molecule has 1 fully saturated rings. The molecule has 1 saturated heterocycles. The molecule has 1 aliphatic rings. The van der Waals surface area contributed by atoms with Gasteiger partial charge in [0.05, 0.1) is 17.4 Å². The van der Waals surface area contributed by atoms with Gasteiger partial charge < -0.3 is 24.1 Å². The Morgan fingerprint density at radius 1 is 1.03 bits per heavy atom.